The molecule has 0 bridgehead atoms. The van der Waals surface area contributed by atoms with Crippen LogP contribution < -0.4 is 10.2 Å². The fourth-order valence-electron chi connectivity index (χ4n) is 3.18. The highest BCUT2D eigenvalue weighted by Crippen LogP contribution is 2.23. The molecule has 9 heteroatoms. The van der Waals surface area contributed by atoms with Crippen LogP contribution in [0.3, 0.4) is 0 Å². The third kappa shape index (κ3) is 3.62. The highest BCUT2D eigenvalue weighted by atomic mass is 32.2. The monoisotopic (exact) mass is 358 g/mol. The van der Waals surface area contributed by atoms with E-state index in [2.05, 4.69) is 39.7 Å². The normalized spacial score (nSPS) is 16.0. The van der Waals surface area contributed by atoms with Crippen molar-refractivity contribution in [3.8, 4) is 0 Å². The van der Waals surface area contributed by atoms with Crippen molar-refractivity contribution in [1.29, 1.82) is 0 Å². The Balaban J connectivity index is 1.24. The molecule has 3 aromatic rings. The van der Waals surface area contributed by atoms with Crippen LogP contribution in [-0.2, 0) is 7.05 Å². The topological polar surface area (TPSA) is 87.6 Å². The van der Waals surface area contributed by atoms with E-state index in [1.54, 1.807) is 24.4 Å². The largest absolute Gasteiger partial charge is 0.355 e. The molecule has 2 N–H and O–H groups in total. The van der Waals surface area contributed by atoms with Crippen LogP contribution in [0.1, 0.15) is 12.8 Å². The lowest BCUT2D eigenvalue weighted by molar-refractivity contribution is 0.424. The molecule has 0 unspecified atom stereocenters. The van der Waals surface area contributed by atoms with Gasteiger partial charge in [-0.25, -0.2) is 19.9 Å². The quantitative estimate of drug-likeness (QED) is 0.509. The number of nitrogens with zero attached hydrogens (tertiary/aromatic N) is 6. The van der Waals surface area contributed by atoms with Gasteiger partial charge >= 0.3 is 0 Å². The molecule has 0 radical (unpaired) electrons. The molecule has 25 heavy (non-hydrogen) atoms. The summed E-state index contributed by atoms with van der Waals surface area (Å²) in [5.41, 5.74) is 1.66. The van der Waals surface area contributed by atoms with E-state index in [1.807, 2.05) is 19.4 Å². The summed E-state index contributed by atoms with van der Waals surface area (Å²) in [6.07, 6.45) is 9.33. The Hall–Kier alpha value is -2.13. The third-order valence-corrected chi connectivity index (χ3v) is 5.60. The lowest BCUT2D eigenvalue weighted by Gasteiger charge is -2.33. The van der Waals surface area contributed by atoms with E-state index in [1.165, 1.54) is 0 Å². The van der Waals surface area contributed by atoms with E-state index >= 15 is 0 Å². The minimum atomic E-state index is 0.567. The number of hydrogen-bond acceptors (Lipinski definition) is 7. The van der Waals surface area contributed by atoms with Gasteiger partial charge in [-0.05, 0) is 12.8 Å². The molecule has 0 saturated carbocycles. The Morgan fingerprint density at radius 3 is 2.92 bits per heavy atom. The lowest BCUT2D eigenvalue weighted by atomic mass is 10.1. The van der Waals surface area contributed by atoms with Gasteiger partial charge in [-0.2, -0.15) is 0 Å². The first kappa shape index (κ1) is 16.3. The van der Waals surface area contributed by atoms with Crippen LogP contribution in [0.25, 0.3) is 11.2 Å². The molecule has 8 nitrogen and oxygen atoms in total. The smallest absolute Gasteiger partial charge is 0.182 e. The molecule has 4 heterocycles. The Morgan fingerprint density at radius 2 is 2.12 bits per heavy atom. The van der Waals surface area contributed by atoms with Crippen molar-refractivity contribution in [2.75, 3.05) is 30.3 Å². The molecule has 1 aliphatic rings. The fraction of sp³-hybridized carbons (Fsp3) is 0.500. The summed E-state index contributed by atoms with van der Waals surface area (Å²) in [4.78, 5) is 22.7. The van der Waals surface area contributed by atoms with Gasteiger partial charge in [0.25, 0.3) is 0 Å². The van der Waals surface area contributed by atoms with Gasteiger partial charge in [0, 0.05) is 50.9 Å². The highest BCUT2D eigenvalue weighted by Gasteiger charge is 2.21. The van der Waals surface area contributed by atoms with Crippen molar-refractivity contribution < 1.29 is 0 Å². The number of hydrogen-bond donors (Lipinski definition) is 2. The average molecular weight is 358 g/mol. The van der Waals surface area contributed by atoms with Crippen LogP contribution >= 0.6 is 11.8 Å². The Morgan fingerprint density at radius 1 is 1.24 bits per heavy atom. The zero-order chi connectivity index (χ0) is 17.1. The number of rotatable bonds is 6. The van der Waals surface area contributed by atoms with Crippen molar-refractivity contribution >= 4 is 28.7 Å². The minimum absolute atomic E-state index is 0.567. The van der Waals surface area contributed by atoms with E-state index in [0.29, 0.717) is 6.04 Å². The van der Waals surface area contributed by atoms with Crippen LogP contribution in [0, 0.1) is 0 Å². The lowest BCUT2D eigenvalue weighted by Crippen LogP contribution is -2.43. The van der Waals surface area contributed by atoms with E-state index in [-0.39, 0.29) is 0 Å². The van der Waals surface area contributed by atoms with E-state index in [9.17, 15) is 0 Å². The van der Waals surface area contributed by atoms with Gasteiger partial charge in [-0.1, -0.05) is 11.8 Å². The van der Waals surface area contributed by atoms with Gasteiger partial charge in [0.15, 0.2) is 16.6 Å². The Labute approximate surface area is 150 Å². The number of thioether (sulfide) groups is 1. The number of aryl methyl sites for hydroxylation is 1. The molecule has 4 rings (SSSR count). The third-order valence-electron chi connectivity index (χ3n) is 4.54. The Bertz CT molecular complexity index is 820. The van der Waals surface area contributed by atoms with Gasteiger partial charge < -0.3 is 19.8 Å². The minimum Gasteiger partial charge on any atom is -0.355 e. The summed E-state index contributed by atoms with van der Waals surface area (Å²) in [7, 11) is 2.03. The number of aromatic nitrogens is 6. The van der Waals surface area contributed by atoms with Crippen LogP contribution in [0.5, 0.6) is 0 Å². The van der Waals surface area contributed by atoms with E-state index in [4.69, 9.17) is 0 Å². The SMILES string of the molecule is Cn1ccnc1SCCNC1CCN(c2ncnc3nc[nH]c23)CC1. The molecule has 0 spiro atoms. The summed E-state index contributed by atoms with van der Waals surface area (Å²) >= 11 is 1.79. The molecule has 1 fully saturated rings. The molecule has 1 saturated heterocycles. The molecular formula is C16H22N8S. The number of piperidine rings is 1. The van der Waals surface area contributed by atoms with Gasteiger partial charge in [0.05, 0.1) is 6.33 Å². The molecule has 0 amide bonds. The van der Waals surface area contributed by atoms with Crippen molar-refractivity contribution in [2.24, 2.45) is 7.05 Å². The van der Waals surface area contributed by atoms with Gasteiger partial charge in [-0.15, -0.1) is 0 Å². The van der Waals surface area contributed by atoms with Crippen molar-refractivity contribution in [2.45, 2.75) is 24.0 Å². The van der Waals surface area contributed by atoms with Crippen LogP contribution in [0.4, 0.5) is 5.82 Å². The molecule has 132 valence electrons. The van der Waals surface area contributed by atoms with Crippen molar-refractivity contribution in [1.82, 2.24) is 34.8 Å². The Kier molecular flexibility index (Phi) is 4.84. The van der Waals surface area contributed by atoms with Crippen LogP contribution in [0.15, 0.2) is 30.2 Å². The predicted octanol–water partition coefficient (Wildman–Crippen LogP) is 1.44. The first-order valence-corrected chi connectivity index (χ1v) is 9.52. The summed E-state index contributed by atoms with van der Waals surface area (Å²) in [5, 5.41) is 4.74. The second-order valence-corrected chi connectivity index (χ2v) is 7.25. The molecule has 0 aromatic carbocycles. The molecule has 0 atom stereocenters. The molecule has 3 aromatic heterocycles. The summed E-state index contributed by atoms with van der Waals surface area (Å²) in [5.74, 6) is 2.00. The second-order valence-electron chi connectivity index (χ2n) is 6.18. The van der Waals surface area contributed by atoms with Gasteiger partial charge in [0.2, 0.25) is 0 Å². The zero-order valence-corrected chi connectivity index (χ0v) is 15.0. The first-order chi connectivity index (χ1) is 12.3. The van der Waals surface area contributed by atoms with Gasteiger partial charge in [-0.3, -0.25) is 0 Å². The fourth-order valence-corrected chi connectivity index (χ4v) is 3.99. The van der Waals surface area contributed by atoms with Crippen LogP contribution in [-0.4, -0.2) is 60.9 Å². The summed E-state index contributed by atoms with van der Waals surface area (Å²) in [6.45, 7) is 2.99. The number of H-pyrrole nitrogens is 1. The number of nitrogens with one attached hydrogen (secondary N) is 2. The number of imidazole rings is 2. The summed E-state index contributed by atoms with van der Waals surface area (Å²) < 4.78 is 2.06. The highest BCUT2D eigenvalue weighted by molar-refractivity contribution is 7.99. The molecule has 1 aliphatic heterocycles. The second kappa shape index (κ2) is 7.40. The van der Waals surface area contributed by atoms with E-state index in [0.717, 1.165) is 60.4 Å². The maximum atomic E-state index is 4.45. The molecule has 0 aliphatic carbocycles. The number of fused-ring (bicyclic) bond motifs is 1. The van der Waals surface area contributed by atoms with Crippen molar-refractivity contribution in [3.63, 3.8) is 0 Å². The average Bonchev–Trinajstić information content (AvgIpc) is 3.28. The maximum Gasteiger partial charge on any atom is 0.182 e. The zero-order valence-electron chi connectivity index (χ0n) is 14.2. The number of aromatic amines is 1. The predicted molar refractivity (Wildman–Crippen MR) is 98.9 cm³/mol. The van der Waals surface area contributed by atoms with Gasteiger partial charge in [0.1, 0.15) is 11.8 Å². The number of anilines is 1. The molecular weight excluding hydrogens is 336 g/mol. The van der Waals surface area contributed by atoms with Crippen molar-refractivity contribution in [3.05, 3.63) is 25.0 Å². The summed E-state index contributed by atoms with van der Waals surface area (Å²) in [6, 6.07) is 0.567. The van der Waals surface area contributed by atoms with E-state index < -0.39 is 0 Å². The maximum absolute atomic E-state index is 4.45. The van der Waals surface area contributed by atoms with Crippen LogP contribution in [0.2, 0.25) is 0 Å². The first-order valence-electron chi connectivity index (χ1n) is 8.54. The standard InChI is InChI=1S/C16H22N8S/c1-23-8-4-18-16(23)25-9-5-17-12-2-6-24(7-3-12)15-13-14(20-10-19-13)21-11-22-15/h4,8,10-12,17H,2-3,5-7,9H2,1H3,(H,19,20,21,22).